The van der Waals surface area contributed by atoms with Gasteiger partial charge in [-0.3, -0.25) is 10.6 Å². The van der Waals surface area contributed by atoms with E-state index in [1.165, 1.54) is 0 Å². The molecule has 0 heterocycles. The Labute approximate surface area is 107 Å². The van der Waals surface area contributed by atoms with Crippen LogP contribution < -0.4 is 10.6 Å². The fraction of sp³-hybridized carbons (Fsp3) is 0.833. The zero-order valence-corrected chi connectivity index (χ0v) is 11.1. The molecule has 0 bridgehead atoms. The molecule has 0 aromatic heterocycles. The number of hydrogen-bond acceptors (Lipinski definition) is 4. The Morgan fingerprint density at radius 1 is 0.944 bits per heavy atom. The largest absolute Gasteiger partial charge is 0.450 e. The van der Waals surface area contributed by atoms with Crippen molar-refractivity contribution in [1.82, 2.24) is 10.6 Å². The van der Waals surface area contributed by atoms with Gasteiger partial charge >= 0.3 is 12.2 Å². The summed E-state index contributed by atoms with van der Waals surface area (Å²) in [6.07, 6.45) is 3.41. The second-order valence-electron chi connectivity index (χ2n) is 4.33. The summed E-state index contributed by atoms with van der Waals surface area (Å²) in [5.41, 5.74) is -0.725. The van der Waals surface area contributed by atoms with Gasteiger partial charge in [0.2, 0.25) is 0 Å². The summed E-state index contributed by atoms with van der Waals surface area (Å²) in [6.45, 7) is 4.10. The Hall–Kier alpha value is -1.46. The van der Waals surface area contributed by atoms with Crippen molar-refractivity contribution in [1.29, 1.82) is 0 Å². The SMILES string of the molecule is CCOC(=O)NC1(NC(=O)OCC)CCCCC1. The predicted octanol–water partition coefficient (Wildman–Crippen LogP) is 2.14. The molecule has 0 spiro atoms. The lowest BCUT2D eigenvalue weighted by Gasteiger charge is -2.37. The number of amides is 2. The summed E-state index contributed by atoms with van der Waals surface area (Å²) < 4.78 is 9.74. The molecule has 1 aliphatic rings. The molecule has 0 radical (unpaired) electrons. The van der Waals surface area contributed by atoms with E-state index in [2.05, 4.69) is 10.6 Å². The van der Waals surface area contributed by atoms with E-state index in [1.54, 1.807) is 13.8 Å². The fourth-order valence-electron chi connectivity index (χ4n) is 2.16. The minimum atomic E-state index is -0.725. The second kappa shape index (κ2) is 7.08. The van der Waals surface area contributed by atoms with Crippen molar-refractivity contribution in [3.8, 4) is 0 Å². The molecule has 6 heteroatoms. The summed E-state index contributed by atoms with van der Waals surface area (Å²) in [7, 11) is 0. The first-order valence-electron chi connectivity index (χ1n) is 6.52. The molecular weight excluding hydrogens is 236 g/mol. The fourth-order valence-corrected chi connectivity index (χ4v) is 2.16. The lowest BCUT2D eigenvalue weighted by atomic mass is 9.89. The third-order valence-corrected chi connectivity index (χ3v) is 2.94. The molecule has 2 N–H and O–H groups in total. The van der Waals surface area contributed by atoms with E-state index in [0.717, 1.165) is 19.3 Å². The molecule has 0 aromatic carbocycles. The van der Waals surface area contributed by atoms with Crippen molar-refractivity contribution in [2.24, 2.45) is 0 Å². The second-order valence-corrected chi connectivity index (χ2v) is 4.33. The van der Waals surface area contributed by atoms with E-state index < -0.39 is 17.8 Å². The Balaban J connectivity index is 2.62. The molecule has 6 nitrogen and oxygen atoms in total. The van der Waals surface area contributed by atoms with E-state index in [1.807, 2.05) is 0 Å². The van der Waals surface area contributed by atoms with Crippen LogP contribution in [0, 0.1) is 0 Å². The average molecular weight is 258 g/mol. The maximum Gasteiger partial charge on any atom is 0.408 e. The van der Waals surface area contributed by atoms with Crippen molar-refractivity contribution in [3.63, 3.8) is 0 Å². The lowest BCUT2D eigenvalue weighted by Crippen LogP contribution is -2.61. The van der Waals surface area contributed by atoms with Gasteiger partial charge in [0.25, 0.3) is 0 Å². The van der Waals surface area contributed by atoms with Crippen LogP contribution in [0.3, 0.4) is 0 Å². The Morgan fingerprint density at radius 2 is 1.39 bits per heavy atom. The number of alkyl carbamates (subject to hydrolysis) is 2. The first-order valence-corrected chi connectivity index (χ1v) is 6.52. The van der Waals surface area contributed by atoms with Crippen LogP contribution in [-0.2, 0) is 9.47 Å². The van der Waals surface area contributed by atoms with Gasteiger partial charge in [-0.1, -0.05) is 6.42 Å². The average Bonchev–Trinajstić information content (AvgIpc) is 2.30. The minimum Gasteiger partial charge on any atom is -0.450 e. The molecular formula is C12H22N2O4. The Bertz CT molecular complexity index is 266. The van der Waals surface area contributed by atoms with Gasteiger partial charge in [-0.2, -0.15) is 0 Å². The first-order chi connectivity index (χ1) is 8.62. The van der Waals surface area contributed by atoms with Gasteiger partial charge in [0.15, 0.2) is 0 Å². The summed E-state index contributed by atoms with van der Waals surface area (Å²) >= 11 is 0. The van der Waals surface area contributed by atoms with E-state index in [-0.39, 0.29) is 0 Å². The molecule has 0 unspecified atom stereocenters. The van der Waals surface area contributed by atoms with Crippen molar-refractivity contribution < 1.29 is 19.1 Å². The van der Waals surface area contributed by atoms with Crippen LogP contribution in [0.4, 0.5) is 9.59 Å². The van der Waals surface area contributed by atoms with Crippen LogP contribution >= 0.6 is 0 Å². The minimum absolute atomic E-state index is 0.307. The van der Waals surface area contributed by atoms with Crippen molar-refractivity contribution in [3.05, 3.63) is 0 Å². The molecule has 1 rings (SSSR count). The highest BCUT2D eigenvalue weighted by Crippen LogP contribution is 2.26. The number of ether oxygens (including phenoxy) is 2. The van der Waals surface area contributed by atoms with Gasteiger partial charge in [-0.15, -0.1) is 0 Å². The van der Waals surface area contributed by atoms with E-state index in [0.29, 0.717) is 26.1 Å². The normalized spacial score (nSPS) is 17.7. The molecule has 1 saturated carbocycles. The number of carbonyl (C=O) groups is 2. The van der Waals surface area contributed by atoms with Gasteiger partial charge in [0.05, 0.1) is 13.2 Å². The number of nitrogens with one attached hydrogen (secondary N) is 2. The smallest absolute Gasteiger partial charge is 0.408 e. The van der Waals surface area contributed by atoms with E-state index in [4.69, 9.17) is 9.47 Å². The quantitative estimate of drug-likeness (QED) is 0.757. The zero-order chi connectivity index (χ0) is 13.4. The van der Waals surface area contributed by atoms with Crippen molar-refractivity contribution in [2.75, 3.05) is 13.2 Å². The maximum absolute atomic E-state index is 11.5. The Kier molecular flexibility index (Phi) is 5.74. The lowest BCUT2D eigenvalue weighted by molar-refractivity contribution is 0.100. The zero-order valence-electron chi connectivity index (χ0n) is 11.1. The van der Waals surface area contributed by atoms with Gasteiger partial charge < -0.3 is 9.47 Å². The summed E-state index contributed by atoms with van der Waals surface area (Å²) in [5.74, 6) is 0. The summed E-state index contributed by atoms with van der Waals surface area (Å²) in [4.78, 5) is 23.1. The predicted molar refractivity (Wildman–Crippen MR) is 66.1 cm³/mol. The molecule has 18 heavy (non-hydrogen) atoms. The highest BCUT2D eigenvalue weighted by atomic mass is 16.6. The summed E-state index contributed by atoms with van der Waals surface area (Å²) in [5, 5.41) is 5.50. The first kappa shape index (κ1) is 14.6. The van der Waals surface area contributed by atoms with Gasteiger partial charge in [-0.25, -0.2) is 9.59 Å². The molecule has 0 aromatic rings. The third-order valence-electron chi connectivity index (χ3n) is 2.94. The van der Waals surface area contributed by atoms with E-state index >= 15 is 0 Å². The number of carbonyl (C=O) groups excluding carboxylic acids is 2. The van der Waals surface area contributed by atoms with Gasteiger partial charge in [-0.05, 0) is 39.5 Å². The highest BCUT2D eigenvalue weighted by Gasteiger charge is 2.36. The standard InChI is InChI=1S/C12H22N2O4/c1-3-17-10(15)13-12(8-6-5-7-9-12)14-11(16)18-4-2/h3-9H2,1-2H3,(H,13,15)(H,14,16). The van der Waals surface area contributed by atoms with E-state index in [9.17, 15) is 9.59 Å². The molecule has 1 fully saturated rings. The van der Waals surface area contributed by atoms with Crippen LogP contribution in [0.1, 0.15) is 46.0 Å². The molecule has 104 valence electrons. The van der Waals surface area contributed by atoms with Gasteiger partial charge in [0.1, 0.15) is 5.66 Å². The molecule has 1 aliphatic carbocycles. The molecule has 2 amide bonds. The summed E-state index contributed by atoms with van der Waals surface area (Å²) in [6, 6.07) is 0. The van der Waals surface area contributed by atoms with Crippen molar-refractivity contribution >= 4 is 12.2 Å². The molecule has 0 saturated heterocycles. The number of hydrogen-bond donors (Lipinski definition) is 2. The van der Waals surface area contributed by atoms with Crippen LogP contribution in [0.25, 0.3) is 0 Å². The maximum atomic E-state index is 11.5. The van der Waals surface area contributed by atoms with Crippen LogP contribution in [0.2, 0.25) is 0 Å². The Morgan fingerprint density at radius 3 is 1.78 bits per heavy atom. The van der Waals surface area contributed by atoms with Gasteiger partial charge in [0, 0.05) is 0 Å². The van der Waals surface area contributed by atoms with Crippen molar-refractivity contribution in [2.45, 2.75) is 51.6 Å². The van der Waals surface area contributed by atoms with Crippen LogP contribution in [-0.4, -0.2) is 31.1 Å². The molecule has 0 atom stereocenters. The molecule has 0 aliphatic heterocycles. The van der Waals surface area contributed by atoms with Crippen LogP contribution in [0.5, 0.6) is 0 Å². The monoisotopic (exact) mass is 258 g/mol. The third kappa shape index (κ3) is 4.43. The number of rotatable bonds is 4. The van der Waals surface area contributed by atoms with Crippen LogP contribution in [0.15, 0.2) is 0 Å². The topological polar surface area (TPSA) is 76.7 Å². The highest BCUT2D eigenvalue weighted by molar-refractivity contribution is 5.72.